The summed E-state index contributed by atoms with van der Waals surface area (Å²) >= 11 is 0. The van der Waals surface area contributed by atoms with Gasteiger partial charge in [-0.05, 0) is 39.3 Å². The summed E-state index contributed by atoms with van der Waals surface area (Å²) in [6.07, 6.45) is 8.75. The fourth-order valence-electron chi connectivity index (χ4n) is 2.99. The number of nitrogens with zero attached hydrogens (tertiary/aromatic N) is 2. The Morgan fingerprint density at radius 3 is 2.75 bits per heavy atom. The Balaban J connectivity index is 2.32. The molecule has 4 heteroatoms. The van der Waals surface area contributed by atoms with E-state index in [2.05, 4.69) is 18.9 Å². The molecule has 0 saturated carbocycles. The first-order valence-electron chi connectivity index (χ1n) is 8.28. The Morgan fingerprint density at radius 1 is 1.30 bits per heavy atom. The molecule has 1 atom stereocenters. The summed E-state index contributed by atoms with van der Waals surface area (Å²) < 4.78 is 0. The van der Waals surface area contributed by atoms with Crippen LogP contribution in [-0.4, -0.2) is 60.1 Å². The van der Waals surface area contributed by atoms with E-state index < -0.39 is 0 Å². The van der Waals surface area contributed by atoms with E-state index >= 15 is 0 Å². The van der Waals surface area contributed by atoms with E-state index in [1.807, 2.05) is 4.90 Å². The van der Waals surface area contributed by atoms with Gasteiger partial charge in [-0.1, -0.05) is 26.2 Å². The summed E-state index contributed by atoms with van der Waals surface area (Å²) in [7, 11) is 2.17. The maximum Gasteiger partial charge on any atom is 0.222 e. The van der Waals surface area contributed by atoms with Crippen LogP contribution in [-0.2, 0) is 4.79 Å². The van der Waals surface area contributed by atoms with Crippen molar-refractivity contribution in [2.24, 2.45) is 0 Å². The quantitative estimate of drug-likeness (QED) is 0.661. The van der Waals surface area contributed by atoms with Gasteiger partial charge in [0.25, 0.3) is 0 Å². The molecule has 0 aromatic rings. The molecule has 1 aliphatic rings. The van der Waals surface area contributed by atoms with Crippen LogP contribution in [0.3, 0.4) is 0 Å². The topological polar surface area (TPSA) is 43.8 Å². The van der Waals surface area contributed by atoms with E-state index in [9.17, 15) is 4.79 Å². The minimum absolute atomic E-state index is 0.0706. The first-order valence-corrected chi connectivity index (χ1v) is 8.28. The van der Waals surface area contributed by atoms with Crippen LogP contribution >= 0.6 is 0 Å². The molecule has 0 unspecified atom stereocenters. The lowest BCUT2D eigenvalue weighted by molar-refractivity contribution is -0.132. The summed E-state index contributed by atoms with van der Waals surface area (Å²) in [4.78, 5) is 16.5. The van der Waals surface area contributed by atoms with Crippen molar-refractivity contribution in [2.75, 3.05) is 33.3 Å². The van der Waals surface area contributed by atoms with Crippen LogP contribution < -0.4 is 0 Å². The van der Waals surface area contributed by atoms with Crippen LogP contribution in [0.25, 0.3) is 0 Å². The van der Waals surface area contributed by atoms with Gasteiger partial charge in [0.2, 0.25) is 5.91 Å². The molecule has 0 aliphatic carbocycles. The number of rotatable bonds is 9. The number of amides is 1. The number of carbonyl (C=O) groups is 1. The average molecular weight is 284 g/mol. The fraction of sp³-hybridized carbons (Fsp3) is 0.938. The molecule has 1 aliphatic heterocycles. The maximum absolute atomic E-state index is 12.3. The van der Waals surface area contributed by atoms with E-state index in [-0.39, 0.29) is 12.5 Å². The smallest absolute Gasteiger partial charge is 0.222 e. The molecule has 118 valence electrons. The Morgan fingerprint density at radius 2 is 2.10 bits per heavy atom. The van der Waals surface area contributed by atoms with E-state index in [0.29, 0.717) is 19.0 Å². The van der Waals surface area contributed by atoms with Crippen molar-refractivity contribution in [1.82, 2.24) is 9.80 Å². The summed E-state index contributed by atoms with van der Waals surface area (Å²) in [6, 6.07) is 0.569. The standard InChI is InChI=1S/C16H32N2O2/c1-3-4-6-12-18(13-14-19)16(20)10-9-15-8-5-7-11-17(15)2/h15,19H,3-14H2,1-2H3/t15-/m1/s1. The largest absolute Gasteiger partial charge is 0.395 e. The molecule has 1 saturated heterocycles. The number of hydrogen-bond donors (Lipinski definition) is 1. The molecule has 0 aromatic carbocycles. The van der Waals surface area contributed by atoms with Crippen LogP contribution in [0.4, 0.5) is 0 Å². The third kappa shape index (κ3) is 6.23. The molecule has 0 radical (unpaired) electrons. The highest BCUT2D eigenvalue weighted by Crippen LogP contribution is 2.19. The lowest BCUT2D eigenvalue weighted by Crippen LogP contribution is -2.39. The number of carbonyl (C=O) groups excluding carboxylic acids is 1. The number of likely N-dealkylation sites (tertiary alicyclic amines) is 1. The second-order valence-corrected chi connectivity index (χ2v) is 5.98. The molecular weight excluding hydrogens is 252 g/mol. The van der Waals surface area contributed by atoms with E-state index in [4.69, 9.17) is 5.11 Å². The summed E-state index contributed by atoms with van der Waals surface area (Å²) in [6.45, 7) is 4.69. The van der Waals surface area contributed by atoms with Crippen LogP contribution in [0.2, 0.25) is 0 Å². The highest BCUT2D eigenvalue weighted by atomic mass is 16.3. The molecule has 0 aromatic heterocycles. The summed E-state index contributed by atoms with van der Waals surface area (Å²) in [5.74, 6) is 0.217. The van der Waals surface area contributed by atoms with Gasteiger partial charge in [-0.3, -0.25) is 4.79 Å². The van der Waals surface area contributed by atoms with E-state index in [1.54, 1.807) is 0 Å². The first kappa shape index (κ1) is 17.4. The van der Waals surface area contributed by atoms with Crippen LogP contribution in [0.5, 0.6) is 0 Å². The molecule has 1 amide bonds. The van der Waals surface area contributed by atoms with Crippen LogP contribution in [0.15, 0.2) is 0 Å². The zero-order valence-electron chi connectivity index (χ0n) is 13.3. The zero-order chi connectivity index (χ0) is 14.8. The van der Waals surface area contributed by atoms with Crippen molar-refractivity contribution in [3.05, 3.63) is 0 Å². The lowest BCUT2D eigenvalue weighted by Gasteiger charge is -2.33. The number of aliphatic hydroxyl groups excluding tert-OH is 1. The van der Waals surface area contributed by atoms with Crippen molar-refractivity contribution in [3.8, 4) is 0 Å². The Kier molecular flexibility index (Phi) is 8.86. The van der Waals surface area contributed by atoms with Crippen molar-refractivity contribution in [1.29, 1.82) is 0 Å². The number of piperidine rings is 1. The predicted molar refractivity (Wildman–Crippen MR) is 82.7 cm³/mol. The second kappa shape index (κ2) is 10.2. The van der Waals surface area contributed by atoms with Crippen molar-refractivity contribution < 1.29 is 9.90 Å². The van der Waals surface area contributed by atoms with Gasteiger partial charge in [0.1, 0.15) is 0 Å². The van der Waals surface area contributed by atoms with Gasteiger partial charge in [0, 0.05) is 25.6 Å². The monoisotopic (exact) mass is 284 g/mol. The predicted octanol–water partition coefficient (Wildman–Crippen LogP) is 2.26. The van der Waals surface area contributed by atoms with Gasteiger partial charge in [0.15, 0.2) is 0 Å². The SMILES string of the molecule is CCCCCN(CCO)C(=O)CC[C@H]1CCCCN1C. The zero-order valence-corrected chi connectivity index (χ0v) is 13.3. The van der Waals surface area contributed by atoms with Gasteiger partial charge in [-0.2, -0.15) is 0 Å². The molecule has 1 rings (SSSR count). The van der Waals surface area contributed by atoms with Crippen molar-refractivity contribution >= 4 is 5.91 Å². The average Bonchev–Trinajstić information content (AvgIpc) is 2.45. The van der Waals surface area contributed by atoms with Gasteiger partial charge in [-0.25, -0.2) is 0 Å². The Bertz CT molecular complexity index is 271. The van der Waals surface area contributed by atoms with E-state index in [0.717, 1.165) is 38.8 Å². The number of aliphatic hydroxyl groups is 1. The summed E-state index contributed by atoms with van der Waals surface area (Å²) in [5, 5.41) is 9.10. The van der Waals surface area contributed by atoms with Crippen molar-refractivity contribution in [3.63, 3.8) is 0 Å². The van der Waals surface area contributed by atoms with Gasteiger partial charge in [0.05, 0.1) is 6.61 Å². The fourth-order valence-corrected chi connectivity index (χ4v) is 2.99. The summed E-state index contributed by atoms with van der Waals surface area (Å²) in [5.41, 5.74) is 0. The molecule has 4 nitrogen and oxygen atoms in total. The number of unbranched alkanes of at least 4 members (excludes halogenated alkanes) is 2. The molecule has 1 N–H and O–H groups in total. The maximum atomic E-state index is 12.3. The van der Waals surface area contributed by atoms with Gasteiger partial charge in [-0.15, -0.1) is 0 Å². The Hall–Kier alpha value is -0.610. The lowest BCUT2D eigenvalue weighted by atomic mass is 9.98. The molecule has 1 heterocycles. The van der Waals surface area contributed by atoms with Gasteiger partial charge >= 0.3 is 0 Å². The molecule has 0 spiro atoms. The van der Waals surface area contributed by atoms with Crippen LogP contribution in [0, 0.1) is 0 Å². The highest BCUT2D eigenvalue weighted by Gasteiger charge is 2.21. The van der Waals surface area contributed by atoms with Gasteiger partial charge < -0.3 is 14.9 Å². The molecule has 0 bridgehead atoms. The third-order valence-electron chi connectivity index (χ3n) is 4.37. The highest BCUT2D eigenvalue weighted by molar-refractivity contribution is 5.76. The second-order valence-electron chi connectivity index (χ2n) is 5.98. The molecular formula is C16H32N2O2. The minimum atomic E-state index is 0.0706. The van der Waals surface area contributed by atoms with E-state index in [1.165, 1.54) is 19.3 Å². The normalized spacial score (nSPS) is 20.1. The Labute approximate surface area is 124 Å². The molecule has 20 heavy (non-hydrogen) atoms. The minimum Gasteiger partial charge on any atom is -0.395 e. The number of hydrogen-bond acceptors (Lipinski definition) is 3. The van der Waals surface area contributed by atoms with Crippen LogP contribution in [0.1, 0.15) is 58.3 Å². The van der Waals surface area contributed by atoms with Crippen molar-refractivity contribution in [2.45, 2.75) is 64.3 Å². The third-order valence-corrected chi connectivity index (χ3v) is 4.37. The first-order chi connectivity index (χ1) is 9.69. The molecule has 1 fully saturated rings.